The smallest absolute Gasteiger partial charge is 0.191 e. The van der Waals surface area contributed by atoms with Gasteiger partial charge in [-0.2, -0.15) is 0 Å². The highest BCUT2D eigenvalue weighted by atomic mass is 15.2. The molecule has 0 spiro atoms. The first-order valence-corrected chi connectivity index (χ1v) is 10.5. The van der Waals surface area contributed by atoms with Gasteiger partial charge in [0.25, 0.3) is 0 Å². The highest BCUT2D eigenvalue weighted by molar-refractivity contribution is 5.80. The maximum Gasteiger partial charge on any atom is 0.191 e. The summed E-state index contributed by atoms with van der Waals surface area (Å²) in [6.07, 6.45) is 3.63. The van der Waals surface area contributed by atoms with Crippen LogP contribution >= 0.6 is 0 Å². The highest BCUT2D eigenvalue weighted by Crippen LogP contribution is 2.19. The van der Waals surface area contributed by atoms with Crippen LogP contribution in [0.1, 0.15) is 50.3 Å². The van der Waals surface area contributed by atoms with Gasteiger partial charge < -0.3 is 20.4 Å². The van der Waals surface area contributed by atoms with Crippen LogP contribution in [0.5, 0.6) is 0 Å². The minimum absolute atomic E-state index is 0.285. The lowest BCUT2D eigenvalue weighted by molar-refractivity contribution is 0.206. The number of likely N-dealkylation sites (tertiary alicyclic amines) is 1. The lowest BCUT2D eigenvalue weighted by Crippen LogP contribution is -2.49. The molecule has 2 rings (SSSR count). The third kappa shape index (κ3) is 7.15. The van der Waals surface area contributed by atoms with Crippen LogP contribution in [0.4, 0.5) is 0 Å². The van der Waals surface area contributed by atoms with E-state index in [1.807, 2.05) is 0 Å². The van der Waals surface area contributed by atoms with E-state index in [2.05, 4.69) is 79.6 Å². The molecule has 2 N–H and O–H groups in total. The van der Waals surface area contributed by atoms with Crippen molar-refractivity contribution in [2.45, 2.75) is 52.1 Å². The summed E-state index contributed by atoms with van der Waals surface area (Å²) in [5, 5.41) is 7.10. The van der Waals surface area contributed by atoms with E-state index in [0.717, 1.165) is 19.0 Å². The summed E-state index contributed by atoms with van der Waals surface area (Å²) in [5.41, 5.74) is 2.61. The fourth-order valence-electron chi connectivity index (χ4n) is 3.66. The van der Waals surface area contributed by atoms with Gasteiger partial charge in [-0.3, -0.25) is 4.99 Å². The van der Waals surface area contributed by atoms with Gasteiger partial charge in [-0.15, -0.1) is 0 Å². The molecule has 1 aliphatic rings. The molecule has 1 unspecified atom stereocenters. The van der Waals surface area contributed by atoms with Gasteiger partial charge in [0.15, 0.2) is 5.96 Å². The largest absolute Gasteiger partial charge is 0.357 e. The lowest BCUT2D eigenvalue weighted by Gasteiger charge is -2.33. The number of piperidine rings is 1. The van der Waals surface area contributed by atoms with Crippen molar-refractivity contribution in [2.75, 3.05) is 46.8 Å². The van der Waals surface area contributed by atoms with Gasteiger partial charge in [-0.25, -0.2) is 0 Å². The van der Waals surface area contributed by atoms with Gasteiger partial charge in [0.2, 0.25) is 0 Å². The number of hydrogen-bond donors (Lipinski definition) is 2. The van der Waals surface area contributed by atoms with Gasteiger partial charge in [-0.05, 0) is 59.3 Å². The second kappa shape index (κ2) is 11.3. The zero-order chi connectivity index (χ0) is 19.6. The van der Waals surface area contributed by atoms with E-state index in [0.29, 0.717) is 6.04 Å². The molecule has 0 aromatic heterocycles. The predicted octanol–water partition coefficient (Wildman–Crippen LogP) is 3.03. The molecule has 1 atom stereocenters. The SMILES string of the molecule is CCCN1CCC(NC(=NCC(c2ccc(C)cc2)N(C)C)NCC)CC1. The second-order valence-corrected chi connectivity index (χ2v) is 7.87. The molecule has 0 aliphatic carbocycles. The molecule has 0 bridgehead atoms. The van der Waals surface area contributed by atoms with Crippen LogP contribution in [0.25, 0.3) is 0 Å². The zero-order valence-corrected chi connectivity index (χ0v) is 18.0. The molecule has 5 heteroatoms. The molecule has 1 aliphatic heterocycles. The van der Waals surface area contributed by atoms with E-state index in [9.17, 15) is 0 Å². The Morgan fingerprint density at radius 2 is 1.85 bits per heavy atom. The van der Waals surface area contributed by atoms with Gasteiger partial charge in [0, 0.05) is 25.7 Å². The number of hydrogen-bond acceptors (Lipinski definition) is 3. The van der Waals surface area contributed by atoms with Crippen LogP contribution < -0.4 is 10.6 Å². The van der Waals surface area contributed by atoms with E-state index in [-0.39, 0.29) is 6.04 Å². The maximum atomic E-state index is 4.92. The summed E-state index contributed by atoms with van der Waals surface area (Å²) in [4.78, 5) is 9.74. The number of rotatable bonds is 8. The first-order chi connectivity index (χ1) is 13.0. The molecule has 5 nitrogen and oxygen atoms in total. The number of likely N-dealkylation sites (N-methyl/N-ethyl adjacent to an activating group) is 1. The van der Waals surface area contributed by atoms with Crippen LogP contribution in [0.15, 0.2) is 29.3 Å². The van der Waals surface area contributed by atoms with Crippen LogP contribution in [-0.4, -0.2) is 68.6 Å². The summed E-state index contributed by atoms with van der Waals surface area (Å²) in [5.74, 6) is 0.949. The third-order valence-electron chi connectivity index (χ3n) is 5.32. The van der Waals surface area contributed by atoms with Crippen molar-refractivity contribution >= 4 is 5.96 Å². The van der Waals surface area contributed by atoms with Gasteiger partial charge in [0.1, 0.15) is 0 Å². The maximum absolute atomic E-state index is 4.92. The van der Waals surface area contributed by atoms with Gasteiger partial charge in [0.05, 0.1) is 12.6 Å². The molecule has 0 amide bonds. The van der Waals surface area contributed by atoms with Crippen LogP contribution in [0, 0.1) is 6.92 Å². The van der Waals surface area contributed by atoms with Crippen molar-refractivity contribution in [3.05, 3.63) is 35.4 Å². The molecule has 1 aromatic carbocycles. The Kier molecular flexibility index (Phi) is 9.08. The summed E-state index contributed by atoms with van der Waals surface area (Å²) in [6, 6.07) is 9.62. The molecule has 1 heterocycles. The molecule has 1 fully saturated rings. The molecule has 0 radical (unpaired) electrons. The Morgan fingerprint density at radius 3 is 2.41 bits per heavy atom. The van der Waals surface area contributed by atoms with E-state index in [1.54, 1.807) is 0 Å². The summed E-state index contributed by atoms with van der Waals surface area (Å²) >= 11 is 0. The highest BCUT2D eigenvalue weighted by Gasteiger charge is 2.20. The van der Waals surface area contributed by atoms with E-state index < -0.39 is 0 Å². The Morgan fingerprint density at radius 1 is 1.19 bits per heavy atom. The Bertz CT molecular complexity index is 559. The molecule has 1 saturated heterocycles. The Hall–Kier alpha value is -1.59. The second-order valence-electron chi connectivity index (χ2n) is 7.87. The van der Waals surface area contributed by atoms with Crippen molar-refractivity contribution in [1.29, 1.82) is 0 Å². The summed E-state index contributed by atoms with van der Waals surface area (Å²) in [6.45, 7) is 11.8. The fourth-order valence-corrected chi connectivity index (χ4v) is 3.66. The minimum Gasteiger partial charge on any atom is -0.357 e. The normalized spacial score (nSPS) is 17.9. The van der Waals surface area contributed by atoms with Crippen molar-refractivity contribution in [1.82, 2.24) is 20.4 Å². The van der Waals surface area contributed by atoms with Crippen LogP contribution in [0.3, 0.4) is 0 Å². The Labute approximate surface area is 166 Å². The Balaban J connectivity index is 1.97. The van der Waals surface area contributed by atoms with Crippen molar-refractivity contribution in [3.63, 3.8) is 0 Å². The number of guanidine groups is 1. The van der Waals surface area contributed by atoms with E-state index >= 15 is 0 Å². The van der Waals surface area contributed by atoms with Gasteiger partial charge in [-0.1, -0.05) is 36.8 Å². The van der Waals surface area contributed by atoms with Crippen molar-refractivity contribution in [3.8, 4) is 0 Å². The number of nitrogens with zero attached hydrogens (tertiary/aromatic N) is 3. The fraction of sp³-hybridized carbons (Fsp3) is 0.682. The summed E-state index contributed by atoms with van der Waals surface area (Å²) < 4.78 is 0. The summed E-state index contributed by atoms with van der Waals surface area (Å²) in [7, 11) is 4.26. The number of aryl methyl sites for hydroxylation is 1. The molecule has 27 heavy (non-hydrogen) atoms. The zero-order valence-electron chi connectivity index (χ0n) is 18.0. The van der Waals surface area contributed by atoms with E-state index in [1.165, 1.54) is 50.0 Å². The monoisotopic (exact) mass is 373 g/mol. The quantitative estimate of drug-likeness (QED) is 0.543. The molecule has 0 saturated carbocycles. The molecule has 152 valence electrons. The predicted molar refractivity (Wildman–Crippen MR) is 116 cm³/mol. The standard InChI is InChI=1S/C22H39N5/c1-6-14-27-15-12-20(13-16-27)25-22(23-7-2)24-17-21(26(4)5)19-10-8-18(3)9-11-19/h8-11,20-21H,6-7,12-17H2,1-5H3,(H2,23,24,25). The molecular formula is C22H39N5. The van der Waals surface area contributed by atoms with Crippen LogP contribution in [-0.2, 0) is 0 Å². The first-order valence-electron chi connectivity index (χ1n) is 10.5. The molecule has 1 aromatic rings. The first kappa shape index (κ1) is 21.7. The van der Waals surface area contributed by atoms with Crippen molar-refractivity contribution in [2.24, 2.45) is 4.99 Å². The van der Waals surface area contributed by atoms with E-state index in [4.69, 9.17) is 4.99 Å². The minimum atomic E-state index is 0.285. The van der Waals surface area contributed by atoms with Crippen LogP contribution in [0.2, 0.25) is 0 Å². The number of nitrogens with one attached hydrogen (secondary N) is 2. The third-order valence-corrected chi connectivity index (χ3v) is 5.32. The average molecular weight is 374 g/mol. The number of aliphatic imine (C=N–C) groups is 1. The average Bonchev–Trinajstić information content (AvgIpc) is 2.65. The van der Waals surface area contributed by atoms with Crippen molar-refractivity contribution < 1.29 is 0 Å². The molecular weight excluding hydrogens is 334 g/mol. The lowest BCUT2D eigenvalue weighted by atomic mass is 10.0. The topological polar surface area (TPSA) is 42.9 Å². The van der Waals surface area contributed by atoms with Gasteiger partial charge >= 0.3 is 0 Å². The number of benzene rings is 1.